The van der Waals surface area contributed by atoms with Gasteiger partial charge in [0.05, 0.1) is 6.54 Å². The van der Waals surface area contributed by atoms with E-state index >= 15 is 0 Å². The summed E-state index contributed by atoms with van der Waals surface area (Å²) in [6, 6.07) is 0.288. The normalized spacial score (nSPS) is 18.5. The molecule has 1 fully saturated rings. The molecule has 1 saturated carbocycles. The van der Waals surface area contributed by atoms with Gasteiger partial charge in [0, 0.05) is 24.6 Å². The van der Waals surface area contributed by atoms with Crippen LogP contribution in [0.1, 0.15) is 58.8 Å². The van der Waals surface area contributed by atoms with Crippen LogP contribution in [0.4, 0.5) is 0 Å². The highest BCUT2D eigenvalue weighted by Crippen LogP contribution is 2.35. The number of carbonyl (C=O) groups is 1. The molecular weight excluding hydrogens is 240 g/mol. The highest BCUT2D eigenvalue weighted by atomic mass is 16.3. The van der Waals surface area contributed by atoms with E-state index in [9.17, 15) is 9.90 Å². The van der Waals surface area contributed by atoms with E-state index in [1.54, 1.807) is 0 Å². The minimum Gasteiger partial charge on any atom is -0.396 e. The summed E-state index contributed by atoms with van der Waals surface area (Å²) in [4.78, 5) is 11.8. The minimum atomic E-state index is 0.00738. The number of hydrogen-bond donors (Lipinski definition) is 3. The van der Waals surface area contributed by atoms with Crippen molar-refractivity contribution in [3.8, 4) is 0 Å². The van der Waals surface area contributed by atoms with E-state index in [-0.39, 0.29) is 24.0 Å². The van der Waals surface area contributed by atoms with E-state index < -0.39 is 0 Å². The summed E-state index contributed by atoms with van der Waals surface area (Å²) in [6.07, 6.45) is 7.77. The van der Waals surface area contributed by atoms with Gasteiger partial charge in [-0.25, -0.2) is 0 Å². The fourth-order valence-corrected chi connectivity index (χ4v) is 2.91. The Balaban J connectivity index is 2.26. The van der Waals surface area contributed by atoms with Crippen LogP contribution in [0.2, 0.25) is 0 Å². The van der Waals surface area contributed by atoms with Crippen LogP contribution >= 0.6 is 0 Å². The summed E-state index contributed by atoms with van der Waals surface area (Å²) in [6.45, 7) is 5.52. The monoisotopic (exact) mass is 270 g/mol. The molecule has 0 radical (unpaired) electrons. The maximum absolute atomic E-state index is 11.8. The number of amides is 1. The summed E-state index contributed by atoms with van der Waals surface area (Å²) < 4.78 is 0. The zero-order chi connectivity index (χ0) is 14.1. The Morgan fingerprint density at radius 3 is 2.37 bits per heavy atom. The molecule has 0 heterocycles. The number of hydrogen-bond acceptors (Lipinski definition) is 3. The highest BCUT2D eigenvalue weighted by molar-refractivity contribution is 5.78. The predicted molar refractivity (Wildman–Crippen MR) is 78.0 cm³/mol. The van der Waals surface area contributed by atoms with E-state index in [4.69, 9.17) is 0 Å². The van der Waals surface area contributed by atoms with Crippen LogP contribution in [0.3, 0.4) is 0 Å². The molecule has 4 heteroatoms. The topological polar surface area (TPSA) is 61.4 Å². The molecule has 0 saturated heterocycles. The standard InChI is InChI=1S/C15H30N2O2/c1-3-13(4-2)17-14(19)10-16-11-15(12-18)8-6-5-7-9-15/h13,16,18H,3-12H2,1-2H3,(H,17,19). The Morgan fingerprint density at radius 2 is 1.84 bits per heavy atom. The summed E-state index contributed by atoms with van der Waals surface area (Å²) in [5, 5.41) is 15.8. The van der Waals surface area contributed by atoms with Gasteiger partial charge in [-0.15, -0.1) is 0 Å². The lowest BCUT2D eigenvalue weighted by Gasteiger charge is -2.35. The van der Waals surface area contributed by atoms with E-state index in [0.29, 0.717) is 6.54 Å². The fourth-order valence-electron chi connectivity index (χ4n) is 2.91. The third-order valence-electron chi connectivity index (χ3n) is 4.39. The zero-order valence-electron chi connectivity index (χ0n) is 12.5. The molecule has 19 heavy (non-hydrogen) atoms. The molecule has 1 aliphatic rings. The Bertz CT molecular complexity index is 259. The van der Waals surface area contributed by atoms with Crippen LogP contribution in [-0.4, -0.2) is 36.8 Å². The predicted octanol–water partition coefficient (Wildman–Crippen LogP) is 1.82. The Labute approximate surface area is 117 Å². The van der Waals surface area contributed by atoms with Crippen molar-refractivity contribution in [2.45, 2.75) is 64.8 Å². The van der Waals surface area contributed by atoms with Crippen LogP contribution < -0.4 is 10.6 Å². The third kappa shape index (κ3) is 5.49. The molecule has 0 aromatic heterocycles. The maximum Gasteiger partial charge on any atom is 0.234 e. The van der Waals surface area contributed by atoms with Crippen LogP contribution in [0.5, 0.6) is 0 Å². The first-order valence-corrected chi connectivity index (χ1v) is 7.76. The fraction of sp³-hybridized carbons (Fsp3) is 0.933. The van der Waals surface area contributed by atoms with Crippen LogP contribution in [0.15, 0.2) is 0 Å². The van der Waals surface area contributed by atoms with Crippen molar-refractivity contribution < 1.29 is 9.90 Å². The van der Waals surface area contributed by atoms with E-state index in [1.165, 1.54) is 19.3 Å². The van der Waals surface area contributed by atoms with Gasteiger partial charge in [-0.05, 0) is 25.7 Å². The van der Waals surface area contributed by atoms with Crippen molar-refractivity contribution in [1.29, 1.82) is 0 Å². The van der Waals surface area contributed by atoms with Gasteiger partial charge in [0.15, 0.2) is 0 Å². The van der Waals surface area contributed by atoms with Gasteiger partial charge in [-0.3, -0.25) is 4.79 Å². The van der Waals surface area contributed by atoms with Gasteiger partial charge in [-0.2, -0.15) is 0 Å². The molecule has 0 spiro atoms. The van der Waals surface area contributed by atoms with Gasteiger partial charge in [0.2, 0.25) is 5.91 Å². The lowest BCUT2D eigenvalue weighted by molar-refractivity contribution is -0.121. The number of carbonyl (C=O) groups excluding carboxylic acids is 1. The molecule has 0 aromatic carbocycles. The molecule has 1 amide bonds. The second-order valence-corrected chi connectivity index (χ2v) is 5.90. The number of aliphatic hydroxyl groups excluding tert-OH is 1. The quantitative estimate of drug-likeness (QED) is 0.630. The van der Waals surface area contributed by atoms with Crippen molar-refractivity contribution >= 4 is 5.91 Å². The second kappa shape index (κ2) is 8.54. The largest absolute Gasteiger partial charge is 0.396 e. The number of nitrogens with one attached hydrogen (secondary N) is 2. The van der Waals surface area contributed by atoms with E-state index in [0.717, 1.165) is 32.2 Å². The molecule has 0 aromatic rings. The van der Waals surface area contributed by atoms with Crippen molar-refractivity contribution in [3.05, 3.63) is 0 Å². The van der Waals surface area contributed by atoms with Crippen molar-refractivity contribution in [1.82, 2.24) is 10.6 Å². The molecule has 1 rings (SSSR count). The molecule has 4 nitrogen and oxygen atoms in total. The summed E-state index contributed by atoms with van der Waals surface area (Å²) in [5.74, 6) is 0.0672. The lowest BCUT2D eigenvalue weighted by Crippen LogP contribution is -2.44. The molecular formula is C15H30N2O2. The Morgan fingerprint density at radius 1 is 1.21 bits per heavy atom. The summed E-state index contributed by atoms with van der Waals surface area (Å²) in [7, 11) is 0. The molecule has 0 bridgehead atoms. The molecule has 0 aliphatic heterocycles. The van der Waals surface area contributed by atoms with Gasteiger partial charge in [-0.1, -0.05) is 33.1 Å². The molecule has 0 atom stereocenters. The summed E-state index contributed by atoms with van der Waals surface area (Å²) in [5.41, 5.74) is 0.00738. The van der Waals surface area contributed by atoms with Crippen LogP contribution in [0.25, 0.3) is 0 Å². The maximum atomic E-state index is 11.8. The van der Waals surface area contributed by atoms with E-state index in [1.807, 2.05) is 0 Å². The molecule has 0 unspecified atom stereocenters. The number of aliphatic hydroxyl groups is 1. The molecule has 1 aliphatic carbocycles. The second-order valence-electron chi connectivity index (χ2n) is 5.90. The Hall–Kier alpha value is -0.610. The first-order chi connectivity index (χ1) is 9.15. The minimum absolute atomic E-state index is 0.00738. The first-order valence-electron chi connectivity index (χ1n) is 7.76. The lowest BCUT2D eigenvalue weighted by atomic mass is 9.74. The molecule has 3 N–H and O–H groups in total. The van der Waals surface area contributed by atoms with Crippen LogP contribution in [-0.2, 0) is 4.79 Å². The number of rotatable bonds is 8. The van der Waals surface area contributed by atoms with Crippen molar-refractivity contribution in [2.24, 2.45) is 5.41 Å². The average molecular weight is 270 g/mol. The zero-order valence-corrected chi connectivity index (χ0v) is 12.5. The third-order valence-corrected chi connectivity index (χ3v) is 4.39. The molecule has 112 valence electrons. The first kappa shape index (κ1) is 16.4. The van der Waals surface area contributed by atoms with Crippen LogP contribution in [0, 0.1) is 5.41 Å². The van der Waals surface area contributed by atoms with Crippen molar-refractivity contribution in [3.63, 3.8) is 0 Å². The highest BCUT2D eigenvalue weighted by Gasteiger charge is 2.30. The van der Waals surface area contributed by atoms with Gasteiger partial charge in [0.25, 0.3) is 0 Å². The van der Waals surface area contributed by atoms with Gasteiger partial charge < -0.3 is 15.7 Å². The SMILES string of the molecule is CCC(CC)NC(=O)CNCC1(CO)CCCCC1. The summed E-state index contributed by atoms with van der Waals surface area (Å²) >= 11 is 0. The smallest absolute Gasteiger partial charge is 0.234 e. The van der Waals surface area contributed by atoms with Gasteiger partial charge in [0.1, 0.15) is 0 Å². The van der Waals surface area contributed by atoms with Gasteiger partial charge >= 0.3 is 0 Å². The van der Waals surface area contributed by atoms with Crippen molar-refractivity contribution in [2.75, 3.05) is 19.7 Å². The Kier molecular flexibility index (Phi) is 7.39. The average Bonchev–Trinajstić information content (AvgIpc) is 2.45. The van der Waals surface area contributed by atoms with E-state index in [2.05, 4.69) is 24.5 Å².